The quantitative estimate of drug-likeness (QED) is 0.885. The average Bonchev–Trinajstić information content (AvgIpc) is 2.76. The fourth-order valence-electron chi connectivity index (χ4n) is 2.74. The molecule has 0 aliphatic carbocycles. The van der Waals surface area contributed by atoms with Crippen molar-refractivity contribution in [3.05, 3.63) is 35.4 Å². The van der Waals surface area contributed by atoms with Crippen LogP contribution in [0.25, 0.3) is 0 Å². The minimum Gasteiger partial charge on any atom is -0.481 e. The molecule has 1 aliphatic rings. The lowest BCUT2D eigenvalue weighted by Gasteiger charge is -2.16. The topological polar surface area (TPSA) is 40.5 Å². The molecule has 3 nitrogen and oxygen atoms in total. The van der Waals surface area contributed by atoms with Crippen molar-refractivity contribution in [3.8, 4) is 0 Å². The second kappa shape index (κ2) is 6.20. The Balaban J connectivity index is 1.86. The minimum atomic E-state index is -0.673. The van der Waals surface area contributed by atoms with E-state index >= 15 is 0 Å². The third-order valence-electron chi connectivity index (χ3n) is 3.89. The summed E-state index contributed by atoms with van der Waals surface area (Å²) in [4.78, 5) is 13.1. The number of benzene rings is 1. The summed E-state index contributed by atoms with van der Waals surface area (Å²) in [6.07, 6.45) is 1.32. The third-order valence-corrected chi connectivity index (χ3v) is 3.89. The first kappa shape index (κ1) is 14.1. The van der Waals surface area contributed by atoms with E-state index in [9.17, 15) is 4.79 Å². The highest BCUT2D eigenvalue weighted by atomic mass is 16.4. The van der Waals surface area contributed by atoms with E-state index in [1.54, 1.807) is 0 Å². The molecule has 0 amide bonds. The molecule has 1 N–H and O–H groups in total. The number of nitrogens with zero attached hydrogens (tertiary/aromatic N) is 1. The monoisotopic (exact) mass is 261 g/mol. The zero-order valence-corrected chi connectivity index (χ0v) is 11.8. The van der Waals surface area contributed by atoms with Gasteiger partial charge in [0.25, 0.3) is 0 Å². The first-order chi connectivity index (χ1) is 9.04. The van der Waals surface area contributed by atoms with Gasteiger partial charge in [-0.15, -0.1) is 0 Å². The van der Waals surface area contributed by atoms with Crippen LogP contribution in [0.2, 0.25) is 0 Å². The van der Waals surface area contributed by atoms with Gasteiger partial charge in [0.15, 0.2) is 0 Å². The molecule has 104 valence electrons. The molecule has 1 saturated heterocycles. The van der Waals surface area contributed by atoms with E-state index < -0.39 is 5.97 Å². The molecule has 19 heavy (non-hydrogen) atoms. The fraction of sp³-hybridized carbons (Fsp3) is 0.562. The molecule has 1 unspecified atom stereocenters. The molecular weight excluding hydrogens is 238 g/mol. The van der Waals surface area contributed by atoms with E-state index in [1.165, 1.54) is 11.1 Å². The van der Waals surface area contributed by atoms with Gasteiger partial charge in [0.2, 0.25) is 0 Å². The van der Waals surface area contributed by atoms with Crippen molar-refractivity contribution in [2.24, 2.45) is 5.92 Å². The first-order valence-electron chi connectivity index (χ1n) is 7.07. The van der Waals surface area contributed by atoms with Crippen molar-refractivity contribution in [3.63, 3.8) is 0 Å². The van der Waals surface area contributed by atoms with Crippen molar-refractivity contribution < 1.29 is 9.90 Å². The average molecular weight is 261 g/mol. The lowest BCUT2D eigenvalue weighted by molar-refractivity contribution is -0.138. The van der Waals surface area contributed by atoms with Gasteiger partial charge in [-0.05, 0) is 35.9 Å². The van der Waals surface area contributed by atoms with Crippen LogP contribution >= 0.6 is 0 Å². The third kappa shape index (κ3) is 4.06. The van der Waals surface area contributed by atoms with Crippen molar-refractivity contribution >= 4 is 5.97 Å². The van der Waals surface area contributed by atoms with Crippen molar-refractivity contribution in [1.29, 1.82) is 0 Å². The zero-order valence-electron chi connectivity index (χ0n) is 11.8. The van der Waals surface area contributed by atoms with Gasteiger partial charge in [-0.2, -0.15) is 0 Å². The Hall–Kier alpha value is -1.35. The predicted molar refractivity (Wildman–Crippen MR) is 76.2 cm³/mol. The van der Waals surface area contributed by atoms with Crippen LogP contribution in [-0.2, 0) is 11.3 Å². The van der Waals surface area contributed by atoms with Gasteiger partial charge in [-0.3, -0.25) is 9.69 Å². The first-order valence-corrected chi connectivity index (χ1v) is 7.07. The highest BCUT2D eigenvalue weighted by Crippen LogP contribution is 2.22. The van der Waals surface area contributed by atoms with E-state index in [0.29, 0.717) is 18.3 Å². The molecule has 2 rings (SSSR count). The largest absolute Gasteiger partial charge is 0.481 e. The Kier molecular flexibility index (Phi) is 4.59. The smallest absolute Gasteiger partial charge is 0.303 e. The molecule has 0 saturated carbocycles. The van der Waals surface area contributed by atoms with Crippen LogP contribution in [0.5, 0.6) is 0 Å². The Morgan fingerprint density at radius 1 is 1.37 bits per heavy atom. The Labute approximate surface area is 115 Å². The summed E-state index contributed by atoms with van der Waals surface area (Å²) in [7, 11) is 0. The predicted octanol–water partition coefficient (Wildman–Crippen LogP) is 3.11. The molecule has 1 aliphatic heterocycles. The van der Waals surface area contributed by atoms with Crippen LogP contribution in [0.15, 0.2) is 24.3 Å². The SMILES string of the molecule is CC(C)c1ccc(CN2CCC(CC(=O)O)C2)cc1. The van der Waals surface area contributed by atoms with Gasteiger partial charge >= 0.3 is 5.97 Å². The molecule has 1 fully saturated rings. The van der Waals surface area contributed by atoms with E-state index in [0.717, 1.165) is 26.1 Å². The second-order valence-corrected chi connectivity index (χ2v) is 5.88. The molecular formula is C16H23NO2. The Bertz CT molecular complexity index is 425. The van der Waals surface area contributed by atoms with Crippen LogP contribution < -0.4 is 0 Å². The summed E-state index contributed by atoms with van der Waals surface area (Å²) < 4.78 is 0. The van der Waals surface area contributed by atoms with Crippen LogP contribution in [0.4, 0.5) is 0 Å². The van der Waals surface area contributed by atoms with Crippen molar-refractivity contribution in [2.45, 2.75) is 39.2 Å². The van der Waals surface area contributed by atoms with Gasteiger partial charge in [0, 0.05) is 19.5 Å². The molecule has 0 radical (unpaired) electrons. The summed E-state index contributed by atoms with van der Waals surface area (Å²) in [6, 6.07) is 8.79. The van der Waals surface area contributed by atoms with Crippen LogP contribution in [0, 0.1) is 5.92 Å². The van der Waals surface area contributed by atoms with Gasteiger partial charge in [-0.25, -0.2) is 0 Å². The number of likely N-dealkylation sites (tertiary alicyclic amines) is 1. The fourth-order valence-corrected chi connectivity index (χ4v) is 2.74. The maximum atomic E-state index is 10.7. The maximum absolute atomic E-state index is 10.7. The summed E-state index contributed by atoms with van der Waals surface area (Å²) >= 11 is 0. The van der Waals surface area contributed by atoms with Gasteiger partial charge < -0.3 is 5.11 Å². The van der Waals surface area contributed by atoms with Crippen LogP contribution in [0.3, 0.4) is 0 Å². The lowest BCUT2D eigenvalue weighted by atomic mass is 10.0. The van der Waals surface area contributed by atoms with E-state index in [-0.39, 0.29) is 0 Å². The summed E-state index contributed by atoms with van der Waals surface area (Å²) in [6.45, 7) is 7.27. The molecule has 1 heterocycles. The van der Waals surface area contributed by atoms with Gasteiger partial charge in [-0.1, -0.05) is 38.1 Å². The van der Waals surface area contributed by atoms with E-state index in [1.807, 2.05) is 0 Å². The number of rotatable bonds is 5. The van der Waals surface area contributed by atoms with Gasteiger partial charge in [0.05, 0.1) is 0 Å². The molecule has 1 aromatic rings. The number of carboxylic acid groups (broad SMARTS) is 1. The number of carbonyl (C=O) groups is 1. The molecule has 3 heteroatoms. The lowest BCUT2D eigenvalue weighted by Crippen LogP contribution is -2.20. The highest BCUT2D eigenvalue weighted by Gasteiger charge is 2.24. The van der Waals surface area contributed by atoms with Crippen LogP contribution in [0.1, 0.15) is 43.7 Å². The standard InChI is InChI=1S/C16H23NO2/c1-12(2)15-5-3-13(4-6-15)10-17-8-7-14(11-17)9-16(18)19/h3-6,12,14H,7-11H2,1-2H3,(H,18,19). The Morgan fingerprint density at radius 2 is 2.05 bits per heavy atom. The van der Waals surface area contributed by atoms with Crippen molar-refractivity contribution in [1.82, 2.24) is 4.90 Å². The summed E-state index contributed by atoms with van der Waals surface area (Å²) in [5.41, 5.74) is 2.69. The molecule has 1 atom stereocenters. The summed E-state index contributed by atoms with van der Waals surface area (Å²) in [5.74, 6) is 0.223. The molecule has 0 spiro atoms. The molecule has 1 aromatic carbocycles. The summed E-state index contributed by atoms with van der Waals surface area (Å²) in [5, 5.41) is 8.81. The maximum Gasteiger partial charge on any atom is 0.303 e. The number of carboxylic acids is 1. The van der Waals surface area contributed by atoms with E-state index in [4.69, 9.17) is 5.11 Å². The Morgan fingerprint density at radius 3 is 2.63 bits per heavy atom. The zero-order chi connectivity index (χ0) is 13.8. The highest BCUT2D eigenvalue weighted by molar-refractivity contribution is 5.67. The number of aliphatic carboxylic acids is 1. The van der Waals surface area contributed by atoms with Gasteiger partial charge in [0.1, 0.15) is 0 Å². The van der Waals surface area contributed by atoms with Crippen molar-refractivity contribution in [2.75, 3.05) is 13.1 Å². The number of hydrogen-bond acceptors (Lipinski definition) is 2. The minimum absolute atomic E-state index is 0.308. The molecule has 0 aromatic heterocycles. The second-order valence-electron chi connectivity index (χ2n) is 5.88. The van der Waals surface area contributed by atoms with Crippen LogP contribution in [-0.4, -0.2) is 29.1 Å². The normalized spacial score (nSPS) is 20.1. The van der Waals surface area contributed by atoms with E-state index in [2.05, 4.69) is 43.0 Å². The molecule has 0 bridgehead atoms. The number of hydrogen-bond donors (Lipinski definition) is 1.